The predicted octanol–water partition coefficient (Wildman–Crippen LogP) is 1.15. The van der Waals surface area contributed by atoms with Crippen LogP contribution in [-0.2, 0) is 11.8 Å². The molecule has 2 atom stereocenters. The molecule has 4 rings (SSSR count). The second kappa shape index (κ2) is 6.62. The molecule has 10 heteroatoms. The Morgan fingerprint density at radius 3 is 2.78 bits per heavy atom. The van der Waals surface area contributed by atoms with Crippen molar-refractivity contribution in [1.29, 1.82) is 0 Å². The van der Waals surface area contributed by atoms with Crippen LogP contribution in [0.15, 0.2) is 12.4 Å². The minimum atomic E-state index is -0.210. The maximum Gasteiger partial charge on any atom is 0.272 e. The van der Waals surface area contributed by atoms with E-state index in [1.54, 1.807) is 18.1 Å². The van der Waals surface area contributed by atoms with Crippen LogP contribution in [0.4, 0.5) is 0 Å². The number of carbonyl (C=O) groups is 1. The van der Waals surface area contributed by atoms with Gasteiger partial charge in [-0.15, -0.1) is 0 Å². The molecule has 1 saturated heterocycles. The lowest BCUT2D eigenvalue weighted by Crippen LogP contribution is -2.32. The van der Waals surface area contributed by atoms with E-state index in [9.17, 15) is 4.79 Å². The Kier molecular flexibility index (Phi) is 4.27. The molecule has 0 saturated carbocycles. The van der Waals surface area contributed by atoms with Crippen LogP contribution < -0.4 is 0 Å². The minimum absolute atomic E-state index is 0.0470. The van der Waals surface area contributed by atoms with Gasteiger partial charge in [0.25, 0.3) is 5.91 Å². The number of aromatic amines is 2. The number of ether oxygens (including phenoxy) is 1. The summed E-state index contributed by atoms with van der Waals surface area (Å²) in [5.41, 5.74) is 3.95. The summed E-state index contributed by atoms with van der Waals surface area (Å²) in [5, 5.41) is 18.4. The third-order valence-electron chi connectivity index (χ3n) is 5.18. The molecule has 0 aliphatic carbocycles. The molecule has 0 unspecified atom stereocenters. The monoisotopic (exact) mass is 370 g/mol. The number of rotatable bonds is 4. The highest BCUT2D eigenvalue weighted by Gasteiger charge is 2.39. The van der Waals surface area contributed by atoms with E-state index in [1.165, 1.54) is 6.33 Å². The fourth-order valence-electron chi connectivity index (χ4n) is 3.69. The van der Waals surface area contributed by atoms with Gasteiger partial charge in [-0.2, -0.15) is 15.3 Å². The van der Waals surface area contributed by atoms with Gasteiger partial charge in [-0.05, 0) is 19.9 Å². The van der Waals surface area contributed by atoms with E-state index in [1.807, 2.05) is 25.6 Å². The standard InChI is InChI=1S/C17H22N8O2/c1-9-15(10(2)24(3)23-9)12-6-13(21-20-12)17(26)25-7-11(27-4)5-14(25)16-18-8-19-22-16/h6,8,11,14H,5,7H2,1-4H3,(H,20,21)(H,18,19,22)/t11-,14-/m0/s1. The highest BCUT2D eigenvalue weighted by molar-refractivity contribution is 5.94. The van der Waals surface area contributed by atoms with Crippen LogP contribution >= 0.6 is 0 Å². The second-order valence-electron chi connectivity index (χ2n) is 6.77. The lowest BCUT2D eigenvalue weighted by atomic mass is 10.1. The van der Waals surface area contributed by atoms with Crippen LogP contribution in [0.25, 0.3) is 11.3 Å². The van der Waals surface area contributed by atoms with Gasteiger partial charge < -0.3 is 9.64 Å². The number of carbonyl (C=O) groups excluding carboxylic acids is 1. The third kappa shape index (κ3) is 2.91. The Labute approximate surface area is 155 Å². The molecular formula is C17H22N8O2. The molecule has 3 aromatic rings. The van der Waals surface area contributed by atoms with Gasteiger partial charge in [-0.25, -0.2) is 4.98 Å². The largest absolute Gasteiger partial charge is 0.380 e. The Hall–Kier alpha value is -3.01. The van der Waals surface area contributed by atoms with Crippen LogP contribution in [0.1, 0.15) is 40.2 Å². The molecule has 4 heterocycles. The van der Waals surface area contributed by atoms with E-state index in [4.69, 9.17) is 4.74 Å². The maximum absolute atomic E-state index is 13.1. The molecule has 1 aliphatic heterocycles. The van der Waals surface area contributed by atoms with E-state index in [2.05, 4.69) is 30.5 Å². The van der Waals surface area contributed by atoms with Crippen molar-refractivity contribution in [2.75, 3.05) is 13.7 Å². The molecule has 3 aromatic heterocycles. The van der Waals surface area contributed by atoms with Gasteiger partial charge in [0.15, 0.2) is 0 Å². The van der Waals surface area contributed by atoms with Crippen LogP contribution in [0.2, 0.25) is 0 Å². The molecule has 0 bridgehead atoms. The van der Waals surface area contributed by atoms with Gasteiger partial charge in [0.05, 0.1) is 23.5 Å². The Morgan fingerprint density at radius 1 is 1.33 bits per heavy atom. The number of nitrogens with one attached hydrogen (secondary N) is 2. The molecule has 2 N–H and O–H groups in total. The van der Waals surface area contributed by atoms with E-state index >= 15 is 0 Å². The minimum Gasteiger partial charge on any atom is -0.380 e. The predicted molar refractivity (Wildman–Crippen MR) is 95.8 cm³/mol. The summed E-state index contributed by atoms with van der Waals surface area (Å²) in [6.07, 6.45) is 2.06. The average molecular weight is 370 g/mol. The molecule has 10 nitrogen and oxygen atoms in total. The lowest BCUT2D eigenvalue weighted by Gasteiger charge is -2.21. The Bertz CT molecular complexity index is 958. The molecule has 0 radical (unpaired) electrons. The Morgan fingerprint density at radius 2 is 2.15 bits per heavy atom. The number of hydrogen-bond donors (Lipinski definition) is 2. The second-order valence-corrected chi connectivity index (χ2v) is 6.77. The molecule has 27 heavy (non-hydrogen) atoms. The zero-order chi connectivity index (χ0) is 19.1. The summed E-state index contributed by atoms with van der Waals surface area (Å²) in [6.45, 7) is 4.40. The van der Waals surface area contributed by atoms with E-state index < -0.39 is 0 Å². The number of amides is 1. The average Bonchev–Trinajstić information content (AvgIpc) is 3.41. The summed E-state index contributed by atoms with van der Waals surface area (Å²) in [4.78, 5) is 19.1. The van der Waals surface area contributed by atoms with Crippen molar-refractivity contribution in [1.82, 2.24) is 40.1 Å². The molecule has 1 aliphatic rings. The summed E-state index contributed by atoms with van der Waals surface area (Å²) >= 11 is 0. The van der Waals surface area contributed by atoms with Gasteiger partial charge in [0.2, 0.25) is 0 Å². The lowest BCUT2D eigenvalue weighted by molar-refractivity contribution is 0.0678. The molecule has 1 fully saturated rings. The van der Waals surface area contributed by atoms with Crippen LogP contribution in [0, 0.1) is 13.8 Å². The van der Waals surface area contributed by atoms with Gasteiger partial charge in [0, 0.05) is 38.4 Å². The van der Waals surface area contributed by atoms with Crippen LogP contribution in [-0.4, -0.2) is 65.7 Å². The van der Waals surface area contributed by atoms with Crippen molar-refractivity contribution in [3.63, 3.8) is 0 Å². The van der Waals surface area contributed by atoms with Crippen LogP contribution in [0.5, 0.6) is 0 Å². The van der Waals surface area contributed by atoms with Crippen molar-refractivity contribution in [2.24, 2.45) is 7.05 Å². The zero-order valence-corrected chi connectivity index (χ0v) is 15.7. The summed E-state index contributed by atoms with van der Waals surface area (Å²) < 4.78 is 7.28. The van der Waals surface area contributed by atoms with Crippen LogP contribution in [0.3, 0.4) is 0 Å². The first-order chi connectivity index (χ1) is 13.0. The van der Waals surface area contributed by atoms with E-state index in [0.29, 0.717) is 30.2 Å². The fraction of sp³-hybridized carbons (Fsp3) is 0.471. The van der Waals surface area contributed by atoms with E-state index in [0.717, 1.165) is 17.0 Å². The SMILES string of the molecule is CO[C@H]1C[C@@H](c2ncn[nH]2)N(C(=O)c2cc(-c3c(C)nn(C)c3C)n[nH]2)C1. The number of likely N-dealkylation sites (tertiary alicyclic amines) is 1. The quantitative estimate of drug-likeness (QED) is 0.711. The number of aryl methyl sites for hydroxylation is 2. The number of nitrogens with zero attached hydrogens (tertiary/aromatic N) is 6. The number of H-pyrrole nitrogens is 2. The zero-order valence-electron chi connectivity index (χ0n) is 15.7. The first kappa shape index (κ1) is 17.4. The fourth-order valence-corrected chi connectivity index (χ4v) is 3.69. The number of hydrogen-bond acceptors (Lipinski definition) is 6. The number of aromatic nitrogens is 7. The smallest absolute Gasteiger partial charge is 0.272 e. The summed E-state index contributed by atoms with van der Waals surface area (Å²) in [7, 11) is 3.54. The first-order valence-corrected chi connectivity index (χ1v) is 8.74. The highest BCUT2D eigenvalue weighted by atomic mass is 16.5. The van der Waals surface area contributed by atoms with Crippen molar-refractivity contribution in [2.45, 2.75) is 32.4 Å². The van der Waals surface area contributed by atoms with Gasteiger partial charge in [-0.3, -0.25) is 19.7 Å². The molecule has 0 spiro atoms. The third-order valence-corrected chi connectivity index (χ3v) is 5.18. The van der Waals surface area contributed by atoms with Gasteiger partial charge in [-0.1, -0.05) is 0 Å². The van der Waals surface area contributed by atoms with Crippen molar-refractivity contribution in [3.8, 4) is 11.3 Å². The molecular weight excluding hydrogens is 348 g/mol. The number of methoxy groups -OCH3 is 1. The molecule has 1 amide bonds. The van der Waals surface area contributed by atoms with Crippen molar-refractivity contribution in [3.05, 3.63) is 35.3 Å². The molecule has 0 aromatic carbocycles. The highest BCUT2D eigenvalue weighted by Crippen LogP contribution is 2.33. The van der Waals surface area contributed by atoms with E-state index in [-0.39, 0.29) is 18.1 Å². The first-order valence-electron chi connectivity index (χ1n) is 8.74. The van der Waals surface area contributed by atoms with Crippen molar-refractivity contribution < 1.29 is 9.53 Å². The summed E-state index contributed by atoms with van der Waals surface area (Å²) in [6, 6.07) is 1.57. The van der Waals surface area contributed by atoms with Crippen molar-refractivity contribution >= 4 is 5.91 Å². The summed E-state index contributed by atoms with van der Waals surface area (Å²) in [5.74, 6) is 0.510. The Balaban J connectivity index is 1.64. The normalized spacial score (nSPS) is 19.8. The topological polar surface area (TPSA) is 118 Å². The van der Waals surface area contributed by atoms with Gasteiger partial charge >= 0.3 is 0 Å². The molecule has 142 valence electrons. The van der Waals surface area contributed by atoms with Gasteiger partial charge in [0.1, 0.15) is 17.8 Å². The maximum atomic E-state index is 13.1.